The molecule has 0 saturated carbocycles. The molecule has 0 bridgehead atoms. The summed E-state index contributed by atoms with van der Waals surface area (Å²) in [4.78, 5) is 39.2. The normalized spacial score (nSPS) is 10.1. The zero-order valence-electron chi connectivity index (χ0n) is 16.0. The van der Waals surface area contributed by atoms with Crippen molar-refractivity contribution >= 4 is 40.3 Å². The van der Waals surface area contributed by atoms with Crippen LogP contribution in [-0.4, -0.2) is 22.6 Å². The largest absolute Gasteiger partial charge is 0.355 e. The number of ketones is 1. The number of nitrogens with one attached hydrogen (secondary N) is 3. The summed E-state index contributed by atoms with van der Waals surface area (Å²) in [6.45, 7) is 2.92. The first-order valence-corrected chi connectivity index (χ1v) is 8.94. The van der Waals surface area contributed by atoms with E-state index in [1.54, 1.807) is 48.5 Å². The monoisotopic (exact) mass is 388 g/mol. The highest BCUT2D eigenvalue weighted by Crippen LogP contribution is 2.20. The van der Waals surface area contributed by atoms with Gasteiger partial charge in [-0.05, 0) is 55.5 Å². The lowest BCUT2D eigenvalue weighted by atomic mass is 10.1. The van der Waals surface area contributed by atoms with Crippen molar-refractivity contribution in [3.05, 3.63) is 78.1 Å². The van der Waals surface area contributed by atoms with Crippen LogP contribution in [0.2, 0.25) is 0 Å². The Kier molecular flexibility index (Phi) is 5.99. The summed E-state index contributed by atoms with van der Waals surface area (Å²) in [5, 5.41) is 8.64. The van der Waals surface area contributed by atoms with E-state index < -0.39 is 0 Å². The van der Waals surface area contributed by atoms with Crippen LogP contribution in [0.15, 0.2) is 66.9 Å². The van der Waals surface area contributed by atoms with Crippen molar-refractivity contribution in [2.45, 2.75) is 13.8 Å². The van der Waals surface area contributed by atoms with E-state index in [2.05, 4.69) is 20.9 Å². The smallest absolute Gasteiger partial charge is 0.274 e. The topological polar surface area (TPSA) is 100 Å². The van der Waals surface area contributed by atoms with E-state index in [9.17, 15) is 14.4 Å². The third-order valence-electron chi connectivity index (χ3n) is 4.01. The number of amides is 2. The number of anilines is 4. The minimum absolute atomic E-state index is 0.0741. The van der Waals surface area contributed by atoms with E-state index in [0.29, 0.717) is 22.6 Å². The quantitative estimate of drug-likeness (QED) is 0.549. The first-order chi connectivity index (χ1) is 13.9. The molecule has 146 valence electrons. The summed E-state index contributed by atoms with van der Waals surface area (Å²) in [5.41, 5.74) is 3.47. The molecule has 2 amide bonds. The third-order valence-corrected chi connectivity index (χ3v) is 4.01. The molecule has 3 rings (SSSR count). The number of aromatic nitrogens is 1. The van der Waals surface area contributed by atoms with E-state index in [4.69, 9.17) is 0 Å². The third kappa shape index (κ3) is 5.49. The molecule has 1 aromatic heterocycles. The zero-order chi connectivity index (χ0) is 20.8. The van der Waals surface area contributed by atoms with E-state index in [0.717, 1.165) is 5.69 Å². The number of carbonyl (C=O) groups excluding carboxylic acids is 3. The van der Waals surface area contributed by atoms with E-state index in [1.807, 2.05) is 12.1 Å². The van der Waals surface area contributed by atoms with Gasteiger partial charge in [0.1, 0.15) is 5.69 Å². The predicted octanol–water partition coefficient (Wildman–Crippen LogP) is 4.24. The van der Waals surface area contributed by atoms with Crippen LogP contribution in [0.1, 0.15) is 34.7 Å². The Morgan fingerprint density at radius 2 is 1.48 bits per heavy atom. The number of hydrogen-bond acceptors (Lipinski definition) is 5. The van der Waals surface area contributed by atoms with Crippen LogP contribution in [0.25, 0.3) is 0 Å². The molecule has 0 unspecified atom stereocenters. The Balaban J connectivity index is 1.70. The average molecular weight is 388 g/mol. The van der Waals surface area contributed by atoms with Crippen LogP contribution in [0.5, 0.6) is 0 Å². The first kappa shape index (κ1) is 19.8. The molecule has 0 fully saturated rings. The Bertz CT molecular complexity index is 1060. The first-order valence-electron chi connectivity index (χ1n) is 8.94. The van der Waals surface area contributed by atoms with Gasteiger partial charge in [-0.3, -0.25) is 19.4 Å². The maximum Gasteiger partial charge on any atom is 0.274 e. The predicted molar refractivity (Wildman–Crippen MR) is 113 cm³/mol. The molecule has 3 N–H and O–H groups in total. The summed E-state index contributed by atoms with van der Waals surface area (Å²) in [6.07, 6.45) is 1.54. The molecule has 0 aliphatic carbocycles. The van der Waals surface area contributed by atoms with Gasteiger partial charge >= 0.3 is 0 Å². The van der Waals surface area contributed by atoms with Gasteiger partial charge in [-0.25, -0.2) is 0 Å². The molecular weight excluding hydrogens is 368 g/mol. The fraction of sp³-hybridized carbons (Fsp3) is 0.0909. The zero-order valence-corrected chi connectivity index (χ0v) is 16.0. The maximum atomic E-state index is 12.5. The number of nitrogens with zero attached hydrogens (tertiary/aromatic N) is 1. The van der Waals surface area contributed by atoms with Gasteiger partial charge < -0.3 is 16.0 Å². The molecule has 0 atom stereocenters. The molecular formula is C22H20N4O3. The molecule has 0 spiro atoms. The second kappa shape index (κ2) is 8.79. The Labute approximate surface area is 168 Å². The van der Waals surface area contributed by atoms with Gasteiger partial charge in [0.25, 0.3) is 5.91 Å². The highest BCUT2D eigenvalue weighted by Gasteiger charge is 2.10. The standard InChI is InChI=1S/C22H20N4O3/c1-14(27)16-4-3-5-19(12-16)26-22(29)21-13-20(10-11-23-21)25-18-8-6-17(7-9-18)24-15(2)28/h3-13H,1-2H3,(H,23,25)(H,24,28)(H,26,29). The molecule has 2 aromatic carbocycles. The van der Waals surface area contributed by atoms with Gasteiger partial charge in [-0.15, -0.1) is 0 Å². The average Bonchev–Trinajstić information content (AvgIpc) is 2.69. The van der Waals surface area contributed by atoms with Crippen LogP contribution >= 0.6 is 0 Å². The molecule has 0 radical (unpaired) electrons. The number of Topliss-reactive ketones (excluding diaryl/α,β-unsaturated/α-hetero) is 1. The number of carbonyl (C=O) groups is 3. The fourth-order valence-corrected chi connectivity index (χ4v) is 2.65. The minimum atomic E-state index is -0.379. The lowest BCUT2D eigenvalue weighted by Crippen LogP contribution is -2.14. The van der Waals surface area contributed by atoms with Crippen LogP contribution < -0.4 is 16.0 Å². The fourth-order valence-electron chi connectivity index (χ4n) is 2.65. The highest BCUT2D eigenvalue weighted by atomic mass is 16.2. The van der Waals surface area contributed by atoms with Crippen LogP contribution in [0.4, 0.5) is 22.7 Å². The molecule has 1 heterocycles. The summed E-state index contributed by atoms with van der Waals surface area (Å²) in [5.74, 6) is -0.588. The van der Waals surface area contributed by atoms with Crippen molar-refractivity contribution in [3.63, 3.8) is 0 Å². The summed E-state index contributed by atoms with van der Waals surface area (Å²) in [7, 11) is 0. The van der Waals surface area contributed by atoms with E-state index >= 15 is 0 Å². The van der Waals surface area contributed by atoms with Gasteiger partial charge in [-0.2, -0.15) is 0 Å². The van der Waals surface area contributed by atoms with Crippen molar-refractivity contribution in [2.24, 2.45) is 0 Å². The maximum absolute atomic E-state index is 12.5. The molecule has 0 saturated heterocycles. The van der Waals surface area contributed by atoms with E-state index in [1.165, 1.54) is 20.0 Å². The van der Waals surface area contributed by atoms with Gasteiger partial charge in [0.15, 0.2) is 5.78 Å². The second-order valence-corrected chi connectivity index (χ2v) is 6.40. The van der Waals surface area contributed by atoms with E-state index in [-0.39, 0.29) is 23.3 Å². The van der Waals surface area contributed by atoms with Gasteiger partial charge in [-0.1, -0.05) is 12.1 Å². The summed E-state index contributed by atoms with van der Waals surface area (Å²) in [6, 6.07) is 17.3. The van der Waals surface area contributed by atoms with Crippen molar-refractivity contribution < 1.29 is 14.4 Å². The van der Waals surface area contributed by atoms with Crippen molar-refractivity contribution in [1.82, 2.24) is 4.98 Å². The molecule has 0 aliphatic rings. The number of pyridine rings is 1. The summed E-state index contributed by atoms with van der Waals surface area (Å²) >= 11 is 0. The van der Waals surface area contributed by atoms with Gasteiger partial charge in [0.2, 0.25) is 5.91 Å². The number of rotatable bonds is 6. The molecule has 0 aliphatic heterocycles. The Hall–Kier alpha value is -4.00. The lowest BCUT2D eigenvalue weighted by molar-refractivity contribution is -0.114. The highest BCUT2D eigenvalue weighted by molar-refractivity contribution is 6.04. The SMILES string of the molecule is CC(=O)Nc1ccc(Nc2ccnc(C(=O)Nc3cccc(C(C)=O)c3)c2)cc1. The summed E-state index contributed by atoms with van der Waals surface area (Å²) < 4.78 is 0. The second-order valence-electron chi connectivity index (χ2n) is 6.40. The molecule has 7 heteroatoms. The van der Waals surface area contributed by atoms with Crippen molar-refractivity contribution in [2.75, 3.05) is 16.0 Å². The Morgan fingerprint density at radius 3 is 2.17 bits per heavy atom. The number of hydrogen-bond donors (Lipinski definition) is 3. The van der Waals surface area contributed by atoms with Crippen LogP contribution in [-0.2, 0) is 4.79 Å². The minimum Gasteiger partial charge on any atom is -0.355 e. The lowest BCUT2D eigenvalue weighted by Gasteiger charge is -2.10. The van der Waals surface area contributed by atoms with Gasteiger partial charge in [0, 0.05) is 41.4 Å². The molecule has 29 heavy (non-hydrogen) atoms. The van der Waals surface area contributed by atoms with Crippen molar-refractivity contribution in [1.29, 1.82) is 0 Å². The number of benzene rings is 2. The van der Waals surface area contributed by atoms with Crippen molar-refractivity contribution in [3.8, 4) is 0 Å². The Morgan fingerprint density at radius 1 is 0.759 bits per heavy atom. The van der Waals surface area contributed by atoms with Crippen LogP contribution in [0.3, 0.4) is 0 Å². The van der Waals surface area contributed by atoms with Gasteiger partial charge in [0.05, 0.1) is 0 Å². The molecule has 7 nitrogen and oxygen atoms in total. The molecule has 3 aromatic rings. The van der Waals surface area contributed by atoms with Crippen LogP contribution in [0, 0.1) is 0 Å².